The number of benzene rings is 1. The second kappa shape index (κ2) is 6.64. The van der Waals surface area contributed by atoms with Crippen molar-refractivity contribution in [3.05, 3.63) is 46.8 Å². The molecule has 3 rings (SSSR count). The number of hydrogen-bond acceptors (Lipinski definition) is 4. The van der Waals surface area contributed by atoms with E-state index in [9.17, 15) is 4.79 Å². The third kappa shape index (κ3) is 3.26. The molecule has 1 heterocycles. The standard InChI is InChI=1S/C17H20N4O2/c1-11(12-7-9-13(23-2)10-8-12)18-21-17(22)16-14-5-3-4-6-15(14)19-20-16/h7-10H,3-6H2,1-2H3,(H,19,20)(H,21,22). The molecule has 0 saturated carbocycles. The smallest absolute Gasteiger partial charge is 0.292 e. The second-order valence-corrected chi connectivity index (χ2v) is 5.60. The van der Waals surface area contributed by atoms with E-state index in [-0.39, 0.29) is 5.91 Å². The summed E-state index contributed by atoms with van der Waals surface area (Å²) < 4.78 is 5.13. The molecule has 2 N–H and O–H groups in total. The van der Waals surface area contributed by atoms with Gasteiger partial charge < -0.3 is 4.74 Å². The molecule has 0 radical (unpaired) electrons. The summed E-state index contributed by atoms with van der Waals surface area (Å²) in [6.07, 6.45) is 4.10. The summed E-state index contributed by atoms with van der Waals surface area (Å²) in [5.41, 5.74) is 6.83. The molecule has 0 aliphatic heterocycles. The fourth-order valence-electron chi connectivity index (χ4n) is 2.75. The average Bonchev–Trinajstić information content (AvgIpc) is 3.03. The first-order valence-electron chi connectivity index (χ1n) is 7.74. The van der Waals surface area contributed by atoms with Crippen molar-refractivity contribution in [2.75, 3.05) is 7.11 Å². The van der Waals surface area contributed by atoms with E-state index in [2.05, 4.69) is 20.7 Å². The maximum Gasteiger partial charge on any atom is 0.292 e. The highest BCUT2D eigenvalue weighted by Gasteiger charge is 2.21. The lowest BCUT2D eigenvalue weighted by Gasteiger charge is -2.10. The van der Waals surface area contributed by atoms with E-state index in [1.807, 2.05) is 31.2 Å². The lowest BCUT2D eigenvalue weighted by molar-refractivity contribution is 0.0949. The molecule has 120 valence electrons. The number of aryl methyl sites for hydroxylation is 1. The van der Waals surface area contributed by atoms with E-state index in [0.717, 1.165) is 54.0 Å². The minimum absolute atomic E-state index is 0.266. The van der Waals surface area contributed by atoms with Crippen LogP contribution in [-0.2, 0) is 12.8 Å². The first-order chi connectivity index (χ1) is 11.2. The highest BCUT2D eigenvalue weighted by molar-refractivity contribution is 6.00. The van der Waals surface area contributed by atoms with Crippen LogP contribution in [0.3, 0.4) is 0 Å². The van der Waals surface area contributed by atoms with Crippen LogP contribution in [0.4, 0.5) is 0 Å². The van der Waals surface area contributed by atoms with Crippen molar-refractivity contribution in [3.8, 4) is 5.75 Å². The third-order valence-corrected chi connectivity index (χ3v) is 4.10. The van der Waals surface area contributed by atoms with Crippen LogP contribution in [-0.4, -0.2) is 28.9 Å². The number of amides is 1. The quantitative estimate of drug-likeness (QED) is 0.672. The Morgan fingerprint density at radius 2 is 2.00 bits per heavy atom. The van der Waals surface area contributed by atoms with Gasteiger partial charge in [-0.3, -0.25) is 9.89 Å². The first-order valence-corrected chi connectivity index (χ1v) is 7.74. The van der Waals surface area contributed by atoms with Gasteiger partial charge in [-0.2, -0.15) is 10.2 Å². The molecule has 0 unspecified atom stereocenters. The Bertz CT molecular complexity index is 732. The zero-order valence-corrected chi connectivity index (χ0v) is 13.3. The maximum absolute atomic E-state index is 12.3. The molecule has 0 bridgehead atoms. The van der Waals surface area contributed by atoms with E-state index >= 15 is 0 Å². The van der Waals surface area contributed by atoms with E-state index in [1.54, 1.807) is 7.11 Å². The number of rotatable bonds is 4. The monoisotopic (exact) mass is 312 g/mol. The topological polar surface area (TPSA) is 79.4 Å². The fourth-order valence-corrected chi connectivity index (χ4v) is 2.75. The number of aromatic amines is 1. The maximum atomic E-state index is 12.3. The summed E-state index contributed by atoms with van der Waals surface area (Å²) in [7, 11) is 1.63. The molecule has 0 atom stereocenters. The van der Waals surface area contributed by atoms with Gasteiger partial charge in [-0.15, -0.1) is 0 Å². The molecule has 23 heavy (non-hydrogen) atoms. The lowest BCUT2D eigenvalue weighted by Crippen LogP contribution is -2.21. The number of fused-ring (bicyclic) bond motifs is 1. The van der Waals surface area contributed by atoms with E-state index < -0.39 is 0 Å². The Morgan fingerprint density at radius 1 is 1.26 bits per heavy atom. The summed E-state index contributed by atoms with van der Waals surface area (Å²) in [6, 6.07) is 7.53. The van der Waals surface area contributed by atoms with Gasteiger partial charge in [0.05, 0.1) is 12.8 Å². The number of ether oxygens (including phenoxy) is 1. The van der Waals surface area contributed by atoms with Crippen molar-refractivity contribution >= 4 is 11.6 Å². The van der Waals surface area contributed by atoms with Gasteiger partial charge in [-0.25, -0.2) is 5.43 Å². The Kier molecular flexibility index (Phi) is 4.41. The molecular formula is C17H20N4O2. The number of methoxy groups -OCH3 is 1. The molecule has 0 fully saturated rings. The Balaban J connectivity index is 1.71. The van der Waals surface area contributed by atoms with E-state index in [0.29, 0.717) is 5.69 Å². The van der Waals surface area contributed by atoms with Crippen LogP contribution < -0.4 is 10.2 Å². The van der Waals surface area contributed by atoms with Gasteiger partial charge in [0.15, 0.2) is 5.69 Å². The van der Waals surface area contributed by atoms with Crippen molar-refractivity contribution < 1.29 is 9.53 Å². The summed E-state index contributed by atoms with van der Waals surface area (Å²) >= 11 is 0. The number of hydrazone groups is 1. The van der Waals surface area contributed by atoms with Gasteiger partial charge in [0.2, 0.25) is 0 Å². The Hall–Kier alpha value is -2.63. The van der Waals surface area contributed by atoms with Gasteiger partial charge in [0, 0.05) is 11.3 Å². The van der Waals surface area contributed by atoms with Gasteiger partial charge in [-0.1, -0.05) is 0 Å². The van der Waals surface area contributed by atoms with Crippen LogP contribution in [0.5, 0.6) is 5.75 Å². The van der Waals surface area contributed by atoms with Crippen LogP contribution in [0.25, 0.3) is 0 Å². The van der Waals surface area contributed by atoms with Crippen LogP contribution in [0, 0.1) is 0 Å². The number of carbonyl (C=O) groups is 1. The zero-order valence-electron chi connectivity index (χ0n) is 13.3. The van der Waals surface area contributed by atoms with Gasteiger partial charge in [-0.05, 0) is 62.4 Å². The predicted octanol–water partition coefficient (Wildman–Crippen LogP) is 2.45. The van der Waals surface area contributed by atoms with Crippen molar-refractivity contribution in [3.63, 3.8) is 0 Å². The summed E-state index contributed by atoms with van der Waals surface area (Å²) in [4.78, 5) is 12.3. The molecule has 2 aromatic rings. The van der Waals surface area contributed by atoms with Gasteiger partial charge in [0.25, 0.3) is 5.91 Å². The number of hydrogen-bond donors (Lipinski definition) is 2. The SMILES string of the molecule is COc1ccc(C(C)=NNC(=O)c2n[nH]c3c2CCCC3)cc1. The highest BCUT2D eigenvalue weighted by atomic mass is 16.5. The third-order valence-electron chi connectivity index (χ3n) is 4.10. The normalized spacial score (nSPS) is 14.3. The molecule has 1 aromatic heterocycles. The summed E-state index contributed by atoms with van der Waals surface area (Å²) in [6.45, 7) is 1.85. The molecule has 1 aliphatic carbocycles. The number of nitrogens with one attached hydrogen (secondary N) is 2. The van der Waals surface area contributed by atoms with Crippen LogP contribution >= 0.6 is 0 Å². The number of aromatic nitrogens is 2. The van der Waals surface area contributed by atoms with Crippen molar-refractivity contribution in [1.29, 1.82) is 0 Å². The summed E-state index contributed by atoms with van der Waals surface area (Å²) in [5.74, 6) is 0.519. The molecule has 6 nitrogen and oxygen atoms in total. The zero-order chi connectivity index (χ0) is 16.2. The van der Waals surface area contributed by atoms with Crippen molar-refractivity contribution in [1.82, 2.24) is 15.6 Å². The van der Waals surface area contributed by atoms with Gasteiger partial charge in [0.1, 0.15) is 5.75 Å². The number of nitrogens with zero attached hydrogens (tertiary/aromatic N) is 2. The van der Waals surface area contributed by atoms with Crippen LogP contribution in [0.15, 0.2) is 29.4 Å². The molecular weight excluding hydrogens is 292 g/mol. The predicted molar refractivity (Wildman–Crippen MR) is 87.9 cm³/mol. The summed E-state index contributed by atoms with van der Waals surface area (Å²) in [5, 5.41) is 11.3. The van der Waals surface area contributed by atoms with Crippen molar-refractivity contribution in [2.24, 2.45) is 5.10 Å². The minimum Gasteiger partial charge on any atom is -0.497 e. The Morgan fingerprint density at radius 3 is 2.74 bits per heavy atom. The number of carbonyl (C=O) groups excluding carboxylic acids is 1. The molecule has 1 amide bonds. The second-order valence-electron chi connectivity index (χ2n) is 5.60. The average molecular weight is 312 g/mol. The van der Waals surface area contributed by atoms with Crippen LogP contribution in [0.2, 0.25) is 0 Å². The number of H-pyrrole nitrogens is 1. The molecule has 0 saturated heterocycles. The molecule has 6 heteroatoms. The molecule has 0 spiro atoms. The highest BCUT2D eigenvalue weighted by Crippen LogP contribution is 2.22. The molecule has 1 aliphatic rings. The first kappa shape index (κ1) is 15.3. The largest absolute Gasteiger partial charge is 0.497 e. The lowest BCUT2D eigenvalue weighted by atomic mass is 9.96. The van der Waals surface area contributed by atoms with E-state index in [1.165, 1.54) is 0 Å². The fraction of sp³-hybridized carbons (Fsp3) is 0.353. The Labute approximate surface area is 134 Å². The van der Waals surface area contributed by atoms with Crippen molar-refractivity contribution in [2.45, 2.75) is 32.6 Å². The van der Waals surface area contributed by atoms with E-state index in [4.69, 9.17) is 4.74 Å². The van der Waals surface area contributed by atoms with Gasteiger partial charge >= 0.3 is 0 Å². The van der Waals surface area contributed by atoms with Crippen LogP contribution in [0.1, 0.15) is 47.1 Å². The molecule has 1 aromatic carbocycles. The minimum atomic E-state index is -0.266.